The first-order valence-electron chi connectivity index (χ1n) is 18.2. The van der Waals surface area contributed by atoms with E-state index in [4.69, 9.17) is 9.78 Å². The van der Waals surface area contributed by atoms with Gasteiger partial charge in [-0.1, -0.05) is 206 Å². The molecule has 0 saturated heterocycles. The second-order valence-corrected chi connectivity index (χ2v) is 12.3. The topological polar surface area (TPSA) is 18.5 Å². The third-order valence-corrected chi connectivity index (χ3v) is 8.25. The van der Waals surface area contributed by atoms with Gasteiger partial charge in [0.05, 0.1) is 13.2 Å². The van der Waals surface area contributed by atoms with Crippen LogP contribution in [0.5, 0.6) is 0 Å². The zero-order chi connectivity index (χ0) is 27.5. The molecular formula is C36H74O2. The molecule has 0 saturated carbocycles. The summed E-state index contributed by atoms with van der Waals surface area (Å²) < 4.78 is 0. The Morgan fingerprint density at radius 1 is 0.211 bits per heavy atom. The molecule has 0 aliphatic heterocycles. The summed E-state index contributed by atoms with van der Waals surface area (Å²) in [7, 11) is 0. The van der Waals surface area contributed by atoms with Crippen LogP contribution in [0.2, 0.25) is 0 Å². The predicted octanol–water partition coefficient (Wildman–Crippen LogP) is 13.5. The summed E-state index contributed by atoms with van der Waals surface area (Å²) in [6.07, 6.45) is 45.1. The lowest BCUT2D eigenvalue weighted by molar-refractivity contribution is -0.295. The van der Waals surface area contributed by atoms with Crippen molar-refractivity contribution in [2.75, 3.05) is 13.2 Å². The predicted molar refractivity (Wildman–Crippen MR) is 171 cm³/mol. The molecule has 38 heavy (non-hydrogen) atoms. The second-order valence-electron chi connectivity index (χ2n) is 12.3. The normalized spacial score (nSPS) is 11.5. The lowest BCUT2D eigenvalue weighted by Gasteiger charge is -2.05. The fourth-order valence-corrected chi connectivity index (χ4v) is 5.54. The van der Waals surface area contributed by atoms with E-state index >= 15 is 0 Å². The van der Waals surface area contributed by atoms with E-state index in [9.17, 15) is 0 Å². The van der Waals surface area contributed by atoms with Crippen LogP contribution < -0.4 is 0 Å². The summed E-state index contributed by atoms with van der Waals surface area (Å²) in [6.45, 7) is 6.15. The van der Waals surface area contributed by atoms with Crippen LogP contribution in [0, 0.1) is 0 Å². The fraction of sp³-hybridized carbons (Fsp3) is 1.00. The smallest absolute Gasteiger partial charge is 0.0822 e. The van der Waals surface area contributed by atoms with Gasteiger partial charge in [0, 0.05) is 0 Å². The molecule has 0 aromatic heterocycles. The van der Waals surface area contributed by atoms with Crippen LogP contribution >= 0.6 is 0 Å². The molecule has 0 spiro atoms. The highest BCUT2D eigenvalue weighted by atomic mass is 17.2. The van der Waals surface area contributed by atoms with E-state index in [1.165, 1.54) is 193 Å². The SMILES string of the molecule is CCCCCCCCCCCCCCCCCCOOCCCCCCCCCCCCCCCCCC. The van der Waals surface area contributed by atoms with Gasteiger partial charge in [-0.2, -0.15) is 0 Å². The van der Waals surface area contributed by atoms with Crippen LogP contribution in [0.3, 0.4) is 0 Å². The molecule has 0 atom stereocenters. The molecule has 230 valence electrons. The molecule has 0 heterocycles. The Morgan fingerprint density at radius 2 is 0.368 bits per heavy atom. The quantitative estimate of drug-likeness (QED) is 0.0453. The first-order chi connectivity index (χ1) is 18.9. The summed E-state index contributed by atoms with van der Waals surface area (Å²) in [4.78, 5) is 10.8. The van der Waals surface area contributed by atoms with Gasteiger partial charge in [-0.3, -0.25) is 0 Å². The summed E-state index contributed by atoms with van der Waals surface area (Å²) in [5.41, 5.74) is 0. The van der Waals surface area contributed by atoms with Crippen molar-refractivity contribution < 1.29 is 9.78 Å². The Bertz CT molecular complexity index is 348. The monoisotopic (exact) mass is 539 g/mol. The lowest BCUT2D eigenvalue weighted by Crippen LogP contribution is -1.99. The maximum atomic E-state index is 5.38. The minimum atomic E-state index is 0.775. The van der Waals surface area contributed by atoms with Crippen molar-refractivity contribution in [1.29, 1.82) is 0 Å². The molecule has 0 rings (SSSR count). The molecule has 0 fully saturated rings. The maximum Gasteiger partial charge on any atom is 0.0822 e. The van der Waals surface area contributed by atoms with Crippen molar-refractivity contribution in [3.8, 4) is 0 Å². The third-order valence-electron chi connectivity index (χ3n) is 8.25. The highest BCUT2D eigenvalue weighted by Crippen LogP contribution is 2.15. The Balaban J connectivity index is 3.01. The highest BCUT2D eigenvalue weighted by Gasteiger charge is 1.97. The molecule has 0 aromatic carbocycles. The number of rotatable bonds is 35. The molecule has 0 aromatic rings. The zero-order valence-corrected chi connectivity index (χ0v) is 26.9. The van der Waals surface area contributed by atoms with Gasteiger partial charge in [0.1, 0.15) is 0 Å². The molecule has 2 heteroatoms. The second kappa shape index (κ2) is 36.9. The summed E-state index contributed by atoms with van der Waals surface area (Å²) >= 11 is 0. The van der Waals surface area contributed by atoms with Crippen molar-refractivity contribution in [1.82, 2.24) is 0 Å². The number of hydrogen-bond acceptors (Lipinski definition) is 2. The van der Waals surface area contributed by atoms with Crippen LogP contribution in [-0.2, 0) is 9.78 Å². The van der Waals surface area contributed by atoms with Gasteiger partial charge >= 0.3 is 0 Å². The van der Waals surface area contributed by atoms with Crippen LogP contribution in [0.1, 0.15) is 219 Å². The van der Waals surface area contributed by atoms with Crippen LogP contribution in [-0.4, -0.2) is 13.2 Å². The summed E-state index contributed by atoms with van der Waals surface area (Å²) in [5, 5.41) is 0. The molecule has 0 N–H and O–H groups in total. The minimum Gasteiger partial charge on any atom is -0.237 e. The largest absolute Gasteiger partial charge is 0.237 e. The first-order valence-corrected chi connectivity index (χ1v) is 18.2. The molecular weight excluding hydrogens is 464 g/mol. The molecule has 0 aliphatic carbocycles. The van der Waals surface area contributed by atoms with Crippen molar-refractivity contribution in [3.63, 3.8) is 0 Å². The van der Waals surface area contributed by atoms with E-state index in [2.05, 4.69) is 13.8 Å². The maximum absolute atomic E-state index is 5.38. The van der Waals surface area contributed by atoms with E-state index in [1.807, 2.05) is 0 Å². The van der Waals surface area contributed by atoms with Gasteiger partial charge in [-0.25, -0.2) is 9.78 Å². The zero-order valence-electron chi connectivity index (χ0n) is 26.9. The molecule has 2 nitrogen and oxygen atoms in total. The number of unbranched alkanes of at least 4 members (excludes halogenated alkanes) is 30. The highest BCUT2D eigenvalue weighted by molar-refractivity contribution is 4.51. The van der Waals surface area contributed by atoms with E-state index < -0.39 is 0 Å². The Hall–Kier alpha value is -0.0800. The van der Waals surface area contributed by atoms with E-state index in [1.54, 1.807) is 0 Å². The third kappa shape index (κ3) is 35.9. The summed E-state index contributed by atoms with van der Waals surface area (Å²) in [5.74, 6) is 0. The van der Waals surface area contributed by atoms with Crippen LogP contribution in [0.15, 0.2) is 0 Å². The average molecular weight is 539 g/mol. The fourth-order valence-electron chi connectivity index (χ4n) is 5.54. The standard InChI is InChI=1S/C36H74O2/c1-3-5-7-9-11-13-15-17-19-21-23-25-27-29-31-33-35-37-38-36-34-32-30-28-26-24-22-20-18-16-14-12-10-8-6-4-2/h3-36H2,1-2H3. The Labute approximate surface area is 242 Å². The first kappa shape index (κ1) is 37.9. The van der Waals surface area contributed by atoms with Gasteiger partial charge in [0.25, 0.3) is 0 Å². The number of hydrogen-bond donors (Lipinski definition) is 0. The van der Waals surface area contributed by atoms with Gasteiger partial charge in [-0.15, -0.1) is 0 Å². The van der Waals surface area contributed by atoms with Gasteiger partial charge < -0.3 is 0 Å². The van der Waals surface area contributed by atoms with Crippen molar-refractivity contribution >= 4 is 0 Å². The van der Waals surface area contributed by atoms with Crippen molar-refractivity contribution in [3.05, 3.63) is 0 Å². The van der Waals surface area contributed by atoms with Crippen LogP contribution in [0.4, 0.5) is 0 Å². The van der Waals surface area contributed by atoms with E-state index in [0.29, 0.717) is 0 Å². The minimum absolute atomic E-state index is 0.775. The van der Waals surface area contributed by atoms with E-state index in [-0.39, 0.29) is 0 Å². The summed E-state index contributed by atoms with van der Waals surface area (Å²) in [6, 6.07) is 0. The molecule has 0 amide bonds. The molecule has 0 radical (unpaired) electrons. The Morgan fingerprint density at radius 3 is 0.553 bits per heavy atom. The van der Waals surface area contributed by atoms with Gasteiger partial charge in [0.15, 0.2) is 0 Å². The van der Waals surface area contributed by atoms with Crippen molar-refractivity contribution in [2.45, 2.75) is 219 Å². The van der Waals surface area contributed by atoms with Crippen LogP contribution in [0.25, 0.3) is 0 Å². The van der Waals surface area contributed by atoms with Gasteiger partial charge in [0.2, 0.25) is 0 Å². The van der Waals surface area contributed by atoms with Crippen molar-refractivity contribution in [2.24, 2.45) is 0 Å². The average Bonchev–Trinajstić information content (AvgIpc) is 2.93. The lowest BCUT2D eigenvalue weighted by atomic mass is 10.0. The molecule has 0 unspecified atom stereocenters. The molecule has 0 aliphatic rings. The van der Waals surface area contributed by atoms with Gasteiger partial charge in [-0.05, 0) is 12.8 Å². The van der Waals surface area contributed by atoms with E-state index in [0.717, 1.165) is 26.1 Å². The molecule has 0 bridgehead atoms. The Kier molecular flexibility index (Phi) is 36.8.